The summed E-state index contributed by atoms with van der Waals surface area (Å²) in [4.78, 5) is 0. The van der Waals surface area contributed by atoms with Gasteiger partial charge in [0.15, 0.2) is 0 Å². The molecule has 0 fully saturated rings. The zero-order valence-corrected chi connectivity index (χ0v) is 10.4. The molecular formula is C10H6FKO. The molecule has 60 valence electrons. The van der Waals surface area contributed by atoms with Gasteiger partial charge < -0.3 is 5.11 Å². The van der Waals surface area contributed by atoms with E-state index in [1.807, 2.05) is 0 Å². The first-order valence-corrected chi connectivity index (χ1v) is 3.63. The Morgan fingerprint density at radius 2 is 1.54 bits per heavy atom. The number of benzene rings is 2. The summed E-state index contributed by atoms with van der Waals surface area (Å²) in [6.45, 7) is 0. The fraction of sp³-hybridized carbons (Fsp3) is 0. The predicted octanol–water partition coefficient (Wildman–Crippen LogP) is -0.944. The Bertz CT molecular complexity index is 387. The maximum Gasteiger partial charge on any atom is 1.00 e. The van der Waals surface area contributed by atoms with Crippen molar-refractivity contribution in [2.75, 3.05) is 0 Å². The van der Waals surface area contributed by atoms with Gasteiger partial charge in [0.2, 0.25) is 0 Å². The monoisotopic (exact) mass is 200 g/mol. The molecule has 2 aromatic rings. The first kappa shape index (κ1) is 11.1. The molecule has 1 nitrogen and oxygen atoms in total. The molecule has 0 heterocycles. The van der Waals surface area contributed by atoms with Crippen molar-refractivity contribution in [1.82, 2.24) is 0 Å². The third-order valence-corrected chi connectivity index (χ3v) is 1.83. The molecule has 0 saturated carbocycles. The molecule has 0 aliphatic rings. The molecule has 0 bridgehead atoms. The molecule has 2 rings (SSSR count). The first-order valence-electron chi connectivity index (χ1n) is 3.63. The summed E-state index contributed by atoms with van der Waals surface area (Å²) >= 11 is 0. The number of halogens is 1. The SMILES string of the molecule is [K+].[O-]c1cccc2c(F)cccc12. The van der Waals surface area contributed by atoms with Gasteiger partial charge in [-0.25, -0.2) is 4.39 Å². The summed E-state index contributed by atoms with van der Waals surface area (Å²) in [7, 11) is 0. The summed E-state index contributed by atoms with van der Waals surface area (Å²) in [5, 5.41) is 12.0. The fourth-order valence-corrected chi connectivity index (χ4v) is 1.24. The summed E-state index contributed by atoms with van der Waals surface area (Å²) < 4.78 is 13.0. The van der Waals surface area contributed by atoms with E-state index >= 15 is 0 Å². The predicted molar refractivity (Wildman–Crippen MR) is 43.4 cm³/mol. The van der Waals surface area contributed by atoms with Gasteiger partial charge in [0.25, 0.3) is 0 Å². The van der Waals surface area contributed by atoms with E-state index in [0.717, 1.165) is 0 Å². The third-order valence-electron chi connectivity index (χ3n) is 1.83. The zero-order chi connectivity index (χ0) is 8.55. The van der Waals surface area contributed by atoms with Crippen LogP contribution in [0.25, 0.3) is 10.8 Å². The number of rotatable bonds is 0. The number of hydrogen-bond donors (Lipinski definition) is 0. The van der Waals surface area contributed by atoms with Crippen molar-refractivity contribution in [3.63, 3.8) is 0 Å². The topological polar surface area (TPSA) is 23.1 Å². The van der Waals surface area contributed by atoms with E-state index in [2.05, 4.69) is 0 Å². The van der Waals surface area contributed by atoms with Crippen LogP contribution >= 0.6 is 0 Å². The van der Waals surface area contributed by atoms with Gasteiger partial charge in [0.1, 0.15) is 5.82 Å². The van der Waals surface area contributed by atoms with Crippen LogP contribution < -0.4 is 56.5 Å². The number of fused-ring (bicyclic) bond motifs is 1. The molecule has 2 aromatic carbocycles. The maximum absolute atomic E-state index is 13.0. The van der Waals surface area contributed by atoms with E-state index in [1.165, 1.54) is 12.1 Å². The molecule has 0 radical (unpaired) electrons. The number of hydrogen-bond acceptors (Lipinski definition) is 1. The molecule has 3 heteroatoms. The van der Waals surface area contributed by atoms with Crippen LogP contribution in [-0.2, 0) is 0 Å². The summed E-state index contributed by atoms with van der Waals surface area (Å²) in [5.74, 6) is -0.475. The van der Waals surface area contributed by atoms with Gasteiger partial charge in [0.05, 0.1) is 0 Å². The van der Waals surface area contributed by atoms with Gasteiger partial charge in [-0.3, -0.25) is 0 Å². The second-order valence-corrected chi connectivity index (χ2v) is 2.59. The quantitative estimate of drug-likeness (QED) is 0.503. The van der Waals surface area contributed by atoms with Crippen LogP contribution in [0, 0.1) is 5.82 Å². The van der Waals surface area contributed by atoms with E-state index in [-0.39, 0.29) is 63.0 Å². The minimum Gasteiger partial charge on any atom is -0.872 e. The van der Waals surface area contributed by atoms with Crippen molar-refractivity contribution in [2.45, 2.75) is 0 Å². The average Bonchev–Trinajstić information content (AvgIpc) is 2.07. The van der Waals surface area contributed by atoms with E-state index in [1.54, 1.807) is 24.3 Å². The van der Waals surface area contributed by atoms with E-state index < -0.39 is 0 Å². The first-order chi connectivity index (χ1) is 5.79. The second-order valence-electron chi connectivity index (χ2n) is 2.59. The van der Waals surface area contributed by atoms with Crippen molar-refractivity contribution in [3.05, 3.63) is 42.2 Å². The normalized spacial score (nSPS) is 9.62. The van der Waals surface area contributed by atoms with Crippen molar-refractivity contribution < 1.29 is 60.9 Å². The van der Waals surface area contributed by atoms with Gasteiger partial charge >= 0.3 is 51.4 Å². The molecule has 0 atom stereocenters. The Kier molecular flexibility index (Phi) is 3.88. The Balaban J connectivity index is 0.000000845. The standard InChI is InChI=1S/C10H7FO.K/c11-9-5-1-4-8-7(9)3-2-6-10(8)12;/h1-6,12H;/q;+1/p-1. The van der Waals surface area contributed by atoms with Crippen molar-refractivity contribution in [2.24, 2.45) is 0 Å². The van der Waals surface area contributed by atoms with Crippen LogP contribution in [0.15, 0.2) is 36.4 Å². The summed E-state index contributed by atoms with van der Waals surface area (Å²) in [6.07, 6.45) is 0. The van der Waals surface area contributed by atoms with Crippen LogP contribution in [0.5, 0.6) is 5.75 Å². The molecular weight excluding hydrogens is 194 g/mol. The van der Waals surface area contributed by atoms with Crippen LogP contribution in [-0.4, -0.2) is 0 Å². The minimum absolute atomic E-state index is 0. The van der Waals surface area contributed by atoms with Gasteiger partial charge in [-0.2, -0.15) is 0 Å². The second kappa shape index (κ2) is 4.53. The molecule has 13 heavy (non-hydrogen) atoms. The molecule has 0 aliphatic heterocycles. The van der Waals surface area contributed by atoms with Crippen molar-refractivity contribution in [3.8, 4) is 5.75 Å². The van der Waals surface area contributed by atoms with Crippen molar-refractivity contribution >= 4 is 10.8 Å². The Labute approximate surface area is 118 Å². The van der Waals surface area contributed by atoms with E-state index in [4.69, 9.17) is 0 Å². The molecule has 0 saturated heterocycles. The minimum atomic E-state index is -0.342. The van der Waals surface area contributed by atoms with Crippen LogP contribution in [0.3, 0.4) is 0 Å². The maximum atomic E-state index is 13.0. The van der Waals surface area contributed by atoms with E-state index in [0.29, 0.717) is 10.8 Å². The zero-order valence-electron chi connectivity index (χ0n) is 7.25. The Hall–Kier alpha value is 0.0664. The average molecular weight is 200 g/mol. The third kappa shape index (κ3) is 2.11. The van der Waals surface area contributed by atoms with Gasteiger partial charge in [-0.05, 0) is 11.5 Å². The van der Waals surface area contributed by atoms with Crippen molar-refractivity contribution in [1.29, 1.82) is 0 Å². The molecule has 0 aromatic heterocycles. The summed E-state index contributed by atoms with van der Waals surface area (Å²) in [5.41, 5.74) is 0. The van der Waals surface area contributed by atoms with Gasteiger partial charge in [-0.15, -0.1) is 5.75 Å². The van der Waals surface area contributed by atoms with Crippen LogP contribution in [0.2, 0.25) is 0 Å². The molecule has 0 amide bonds. The smallest absolute Gasteiger partial charge is 0.872 e. The van der Waals surface area contributed by atoms with Crippen LogP contribution in [0.4, 0.5) is 4.39 Å². The molecule has 0 aliphatic carbocycles. The molecule has 0 spiro atoms. The largest absolute Gasteiger partial charge is 1.00 e. The molecule has 0 unspecified atom stereocenters. The fourth-order valence-electron chi connectivity index (χ4n) is 1.24. The van der Waals surface area contributed by atoms with Gasteiger partial charge in [-0.1, -0.05) is 30.3 Å². The summed E-state index contributed by atoms with van der Waals surface area (Å²) in [6, 6.07) is 9.11. The van der Waals surface area contributed by atoms with E-state index in [9.17, 15) is 9.50 Å². The van der Waals surface area contributed by atoms with Gasteiger partial charge in [0, 0.05) is 5.39 Å². The van der Waals surface area contributed by atoms with Crippen LogP contribution in [0.1, 0.15) is 0 Å². The Morgan fingerprint density at radius 3 is 2.23 bits per heavy atom. The molecule has 0 N–H and O–H groups in total. The Morgan fingerprint density at radius 1 is 0.923 bits per heavy atom.